The summed E-state index contributed by atoms with van der Waals surface area (Å²) in [6.45, 7) is 2.11. The zero-order valence-electron chi connectivity index (χ0n) is 42.8. The number of anilines is 4. The Balaban J connectivity index is 0.739. The van der Waals surface area contributed by atoms with E-state index in [9.17, 15) is 35.4 Å². The third-order valence-electron chi connectivity index (χ3n) is 15.3. The molecule has 2 saturated carbocycles. The number of fused-ring (bicyclic) bond motifs is 2. The second-order valence-corrected chi connectivity index (χ2v) is 20.6. The zero-order chi connectivity index (χ0) is 53.8. The standard InChI is InChI=1S/C47H62N24O7/c1-64-15-25(50-21-64)3-7-48-45-58-41(35-43(60-45)68(23-52-35)31-11-33(39(76)37(31)74)70-54-13-29(19-72)62-70)56-27-5-9-66(17-27)47(78)67-10-6-28(18-67)57-42-36-44(61-46(59-42)49-8-4-26-16-65(2)22-51-26)69(24-53-36)32-12-34(40(77)38(32)75)71-55-14-30(20-73)63-71/h13-16,21-24,27-28,31-34,37-40,72-77H,3-12,17-20H2,1-2H3,(H2,48,56,58,60)(H2,49,57,59,61)/t27-,28-,31-,32-,33+,34+,37+,38+,39-,40-/m1/s1. The molecule has 0 spiro atoms. The molecule has 4 aliphatic rings. The predicted molar refractivity (Wildman–Crippen MR) is 275 cm³/mol. The summed E-state index contributed by atoms with van der Waals surface area (Å²) in [7, 11) is 3.82. The van der Waals surface area contributed by atoms with Crippen molar-refractivity contribution in [2.24, 2.45) is 14.1 Å². The van der Waals surface area contributed by atoms with Gasteiger partial charge in [0.15, 0.2) is 34.0 Å². The van der Waals surface area contributed by atoms with Crippen LogP contribution < -0.4 is 21.3 Å². The smallest absolute Gasteiger partial charge is 0.320 e. The van der Waals surface area contributed by atoms with Crippen molar-refractivity contribution in [3.8, 4) is 0 Å². The van der Waals surface area contributed by atoms with Gasteiger partial charge in [-0.1, -0.05) is 0 Å². The Kier molecular flexibility index (Phi) is 13.8. The first-order valence-corrected chi connectivity index (χ1v) is 26.1. The predicted octanol–water partition coefficient (Wildman–Crippen LogP) is -1.48. The van der Waals surface area contributed by atoms with E-state index in [1.54, 1.807) is 34.4 Å². The quantitative estimate of drug-likeness (QED) is 0.0468. The van der Waals surface area contributed by atoms with E-state index in [1.807, 2.05) is 45.4 Å². The third kappa shape index (κ3) is 9.86. The highest BCUT2D eigenvalue weighted by molar-refractivity contribution is 5.86. The minimum absolute atomic E-state index is 0.103. The fourth-order valence-electron chi connectivity index (χ4n) is 11.2. The molecule has 10 heterocycles. The maximum Gasteiger partial charge on any atom is 0.320 e. The number of imidazole rings is 4. The average molecular weight is 1080 g/mol. The molecule has 412 valence electrons. The number of hydrogen-bond acceptors (Lipinski definition) is 23. The summed E-state index contributed by atoms with van der Waals surface area (Å²) < 4.78 is 7.25. The minimum Gasteiger partial charge on any atom is -0.390 e. The van der Waals surface area contributed by atoms with Crippen LogP contribution in [0.5, 0.6) is 0 Å². The SMILES string of the molecule is Cn1cnc(CCNc2nc(N[C@@H]3CCN(C(=O)N4CC[C@@H](Nc5nc(NCCc6cn(C)cn6)nc6c5ncn6[C@@H]5C[C@H](n6ncc(CO)n6)[C@@H](O)[C@H]5O)C4)C3)c3ncn([C@@H]4C[C@H](n5ncc(CO)n5)[C@@H](O)[C@H]4O)c3n2)c1. The van der Waals surface area contributed by atoms with Crippen LogP contribution >= 0.6 is 0 Å². The van der Waals surface area contributed by atoms with Gasteiger partial charge in [0.1, 0.15) is 47.9 Å². The highest BCUT2D eigenvalue weighted by Gasteiger charge is 2.47. The Morgan fingerprint density at radius 1 is 0.577 bits per heavy atom. The molecule has 0 aromatic carbocycles. The normalized spacial score (nSPS) is 25.3. The van der Waals surface area contributed by atoms with Crippen LogP contribution in [0.3, 0.4) is 0 Å². The van der Waals surface area contributed by atoms with Gasteiger partial charge >= 0.3 is 6.03 Å². The molecule has 0 bridgehead atoms. The molecule has 2 amide bonds. The molecule has 0 radical (unpaired) electrons. The molecule has 12 rings (SSSR count). The van der Waals surface area contributed by atoms with Gasteiger partial charge in [0.05, 0.1) is 74.4 Å². The van der Waals surface area contributed by atoms with E-state index in [2.05, 4.69) is 51.6 Å². The molecule has 4 fully saturated rings. The van der Waals surface area contributed by atoms with Gasteiger partial charge in [0.2, 0.25) is 11.9 Å². The van der Waals surface area contributed by atoms with Crippen molar-refractivity contribution in [1.29, 1.82) is 0 Å². The van der Waals surface area contributed by atoms with Gasteiger partial charge in [-0.05, 0) is 25.7 Å². The number of amides is 2. The summed E-state index contributed by atoms with van der Waals surface area (Å²) >= 11 is 0. The van der Waals surface area contributed by atoms with Crippen LogP contribution in [0.1, 0.15) is 72.6 Å². The highest BCUT2D eigenvalue weighted by atomic mass is 16.3. The van der Waals surface area contributed by atoms with Gasteiger partial charge in [0, 0.05) is 90.7 Å². The zero-order valence-corrected chi connectivity index (χ0v) is 42.8. The summed E-state index contributed by atoms with van der Waals surface area (Å²) in [4.78, 5) is 58.4. The first-order chi connectivity index (χ1) is 37.9. The maximum atomic E-state index is 14.3. The number of aliphatic hydroxyl groups is 6. The van der Waals surface area contributed by atoms with Crippen LogP contribution in [0, 0.1) is 0 Å². The molecular weight excluding hydrogens is 1010 g/mol. The van der Waals surface area contributed by atoms with Gasteiger partial charge in [-0.25, -0.2) is 24.7 Å². The number of aryl methyl sites for hydroxylation is 2. The summed E-state index contributed by atoms with van der Waals surface area (Å²) in [5.74, 6) is 1.53. The van der Waals surface area contributed by atoms with Crippen molar-refractivity contribution in [3.63, 3.8) is 0 Å². The first kappa shape index (κ1) is 50.8. The molecule has 8 aromatic rings. The van der Waals surface area contributed by atoms with Crippen molar-refractivity contribution >= 4 is 51.9 Å². The summed E-state index contributed by atoms with van der Waals surface area (Å²) in [5, 5.41) is 95.2. The van der Waals surface area contributed by atoms with Crippen LogP contribution in [0.15, 0.2) is 50.1 Å². The topological polar surface area (TPSA) is 377 Å². The fourth-order valence-corrected chi connectivity index (χ4v) is 11.2. The second kappa shape index (κ2) is 21.1. The Hall–Kier alpha value is -7.97. The molecule has 10 atom stereocenters. The first-order valence-electron chi connectivity index (χ1n) is 26.1. The van der Waals surface area contributed by atoms with E-state index in [4.69, 9.17) is 29.9 Å². The van der Waals surface area contributed by atoms with E-state index in [-0.39, 0.29) is 44.2 Å². The number of rotatable bonds is 18. The summed E-state index contributed by atoms with van der Waals surface area (Å²) in [6, 6.07) is -3.13. The van der Waals surface area contributed by atoms with Crippen molar-refractivity contribution in [3.05, 3.63) is 72.9 Å². The Morgan fingerprint density at radius 3 is 1.41 bits per heavy atom. The number of hydrogen-bond donors (Lipinski definition) is 10. The number of carbonyl (C=O) groups excluding carboxylic acids is 1. The van der Waals surface area contributed by atoms with Crippen LogP contribution in [0.2, 0.25) is 0 Å². The van der Waals surface area contributed by atoms with Gasteiger partial charge in [0.25, 0.3) is 0 Å². The summed E-state index contributed by atoms with van der Waals surface area (Å²) in [5.41, 5.74) is 4.25. The minimum atomic E-state index is -1.21. The van der Waals surface area contributed by atoms with Gasteiger partial charge in [-0.3, -0.25) is 0 Å². The fraction of sp³-hybridized carbons (Fsp3) is 0.553. The van der Waals surface area contributed by atoms with Crippen LogP contribution in [-0.4, -0.2) is 210 Å². The molecule has 31 nitrogen and oxygen atoms in total. The number of nitrogens with zero attached hydrogens (tertiary/aromatic N) is 20. The summed E-state index contributed by atoms with van der Waals surface area (Å²) in [6.07, 6.45) is 11.5. The molecule has 2 saturated heterocycles. The number of urea groups is 1. The molecule has 0 unspecified atom stereocenters. The highest BCUT2D eigenvalue weighted by Crippen LogP contribution is 2.41. The van der Waals surface area contributed by atoms with Crippen molar-refractivity contribution in [1.82, 2.24) is 97.9 Å². The van der Waals surface area contributed by atoms with Crippen LogP contribution in [-0.2, 0) is 40.2 Å². The molecule has 8 aromatic heterocycles. The van der Waals surface area contributed by atoms with Crippen molar-refractivity contribution in [2.45, 2.75) is 112 Å². The van der Waals surface area contributed by atoms with E-state index >= 15 is 0 Å². The lowest BCUT2D eigenvalue weighted by atomic mass is 10.2. The lowest BCUT2D eigenvalue weighted by Crippen LogP contribution is -2.42. The van der Waals surface area contributed by atoms with Crippen LogP contribution in [0.25, 0.3) is 22.3 Å². The van der Waals surface area contributed by atoms with Gasteiger partial charge < -0.3 is 80.0 Å². The number of aliphatic hydroxyl groups excluding tert-OH is 6. The van der Waals surface area contributed by atoms with E-state index in [0.29, 0.717) is 122 Å². The van der Waals surface area contributed by atoms with Crippen molar-refractivity contribution in [2.75, 3.05) is 60.5 Å². The van der Waals surface area contributed by atoms with Gasteiger partial charge in [-0.2, -0.15) is 49.9 Å². The average Bonchev–Trinajstić information content (AvgIpc) is 4.33. The molecule has 10 N–H and O–H groups in total. The Morgan fingerprint density at radius 2 is 1.01 bits per heavy atom. The lowest BCUT2D eigenvalue weighted by molar-refractivity contribution is 0.00491. The van der Waals surface area contributed by atoms with Crippen molar-refractivity contribution < 1.29 is 35.4 Å². The van der Waals surface area contributed by atoms with Crippen LogP contribution in [0.4, 0.5) is 28.3 Å². The van der Waals surface area contributed by atoms with E-state index < -0.39 is 48.6 Å². The third-order valence-corrected chi connectivity index (χ3v) is 15.3. The second-order valence-electron chi connectivity index (χ2n) is 20.6. The molecular formula is C47H62N24O7. The molecule has 2 aliphatic heterocycles. The van der Waals surface area contributed by atoms with E-state index in [1.165, 1.54) is 22.0 Å². The number of carbonyl (C=O) groups is 1. The molecule has 31 heteroatoms. The number of likely N-dealkylation sites (tertiary alicyclic amines) is 2. The molecule has 2 aliphatic carbocycles. The van der Waals surface area contributed by atoms with E-state index in [0.717, 1.165) is 11.4 Å². The number of nitrogens with one attached hydrogen (secondary N) is 4. The molecule has 78 heavy (non-hydrogen) atoms. The Bertz CT molecular complexity index is 3190. The monoisotopic (exact) mass is 1070 g/mol. The maximum absolute atomic E-state index is 14.3. The number of aromatic nitrogens is 18. The lowest BCUT2D eigenvalue weighted by Gasteiger charge is -2.25. The Labute approximate surface area is 444 Å². The van der Waals surface area contributed by atoms with Gasteiger partial charge in [-0.15, -0.1) is 0 Å². The largest absolute Gasteiger partial charge is 0.390 e.